The Morgan fingerprint density at radius 3 is 2.93 bits per heavy atom. The Kier molecular flexibility index (Phi) is 2.83. The van der Waals surface area contributed by atoms with E-state index in [2.05, 4.69) is 16.8 Å². The molecule has 0 radical (unpaired) electrons. The minimum atomic E-state index is 0.454. The molecule has 0 saturated carbocycles. The molecule has 14 heavy (non-hydrogen) atoms. The van der Waals surface area contributed by atoms with Crippen molar-refractivity contribution in [3.63, 3.8) is 0 Å². The van der Waals surface area contributed by atoms with Crippen LogP contribution in [0.4, 0.5) is 0 Å². The summed E-state index contributed by atoms with van der Waals surface area (Å²) < 4.78 is 0. The molecule has 0 N–H and O–H groups in total. The van der Waals surface area contributed by atoms with Gasteiger partial charge in [0.05, 0.1) is 5.56 Å². The third-order valence-corrected chi connectivity index (χ3v) is 2.61. The van der Waals surface area contributed by atoms with Crippen LogP contribution < -0.4 is 0 Å². The van der Waals surface area contributed by atoms with E-state index in [1.807, 2.05) is 29.0 Å². The molecule has 0 atom stereocenters. The Balaban J connectivity index is 2.31. The fourth-order valence-corrected chi connectivity index (χ4v) is 1.71. The highest BCUT2D eigenvalue weighted by molar-refractivity contribution is 7.08. The predicted octanol–water partition coefficient (Wildman–Crippen LogP) is 3.20. The lowest BCUT2D eigenvalue weighted by Gasteiger charge is -1.90. The molecule has 0 bridgehead atoms. The van der Waals surface area contributed by atoms with Crippen molar-refractivity contribution in [1.29, 1.82) is 0 Å². The zero-order valence-corrected chi connectivity index (χ0v) is 8.77. The zero-order valence-electron chi connectivity index (χ0n) is 7.20. The summed E-state index contributed by atoms with van der Waals surface area (Å²) in [5.41, 5.74) is 1.77. The molecule has 0 aromatic carbocycles. The van der Waals surface area contributed by atoms with Crippen LogP contribution >= 0.6 is 22.9 Å². The number of rotatable bonds is 0. The van der Waals surface area contributed by atoms with Crippen LogP contribution in [-0.4, -0.2) is 4.98 Å². The molecule has 0 unspecified atom stereocenters. The molecular weight excluding hydrogens is 214 g/mol. The lowest BCUT2D eigenvalue weighted by Crippen LogP contribution is -1.79. The first-order valence-electron chi connectivity index (χ1n) is 4.01. The average molecular weight is 220 g/mol. The molecule has 0 spiro atoms. The summed E-state index contributed by atoms with van der Waals surface area (Å²) in [7, 11) is 0. The smallest absolute Gasteiger partial charge is 0.144 e. The fraction of sp³-hybridized carbons (Fsp3) is 0. The molecule has 2 heterocycles. The first kappa shape index (κ1) is 9.26. The summed E-state index contributed by atoms with van der Waals surface area (Å²) in [5, 5.41) is 4.45. The standard InChI is InChI=1S/C11H6ClNS/c12-11-10(2-1-6-13-11)4-3-9-5-7-14-8-9/h1-2,5-8H. The second-order valence-electron chi connectivity index (χ2n) is 2.60. The molecule has 0 amide bonds. The molecule has 0 saturated heterocycles. The van der Waals surface area contributed by atoms with Gasteiger partial charge < -0.3 is 0 Å². The van der Waals surface area contributed by atoms with Crippen molar-refractivity contribution >= 4 is 22.9 Å². The molecule has 1 nitrogen and oxygen atoms in total. The lowest BCUT2D eigenvalue weighted by atomic mass is 10.2. The maximum Gasteiger partial charge on any atom is 0.144 e. The summed E-state index contributed by atoms with van der Waals surface area (Å²) in [6.07, 6.45) is 1.65. The molecule has 0 fully saturated rings. The highest BCUT2D eigenvalue weighted by atomic mass is 35.5. The van der Waals surface area contributed by atoms with Crippen LogP contribution in [0.5, 0.6) is 0 Å². The summed E-state index contributed by atoms with van der Waals surface area (Å²) in [5.74, 6) is 6.00. The van der Waals surface area contributed by atoms with Gasteiger partial charge in [-0.3, -0.25) is 0 Å². The second-order valence-corrected chi connectivity index (χ2v) is 3.74. The number of halogens is 1. The van der Waals surface area contributed by atoms with E-state index < -0.39 is 0 Å². The van der Waals surface area contributed by atoms with Crippen LogP contribution in [-0.2, 0) is 0 Å². The van der Waals surface area contributed by atoms with Gasteiger partial charge in [-0.1, -0.05) is 23.4 Å². The number of pyridine rings is 1. The number of hydrogen-bond donors (Lipinski definition) is 0. The van der Waals surface area contributed by atoms with E-state index in [0.717, 1.165) is 11.1 Å². The van der Waals surface area contributed by atoms with Crippen molar-refractivity contribution in [2.45, 2.75) is 0 Å². The Morgan fingerprint density at radius 2 is 2.21 bits per heavy atom. The number of aromatic nitrogens is 1. The first-order chi connectivity index (χ1) is 6.86. The van der Waals surface area contributed by atoms with Gasteiger partial charge in [-0.25, -0.2) is 4.98 Å². The highest BCUT2D eigenvalue weighted by Gasteiger charge is 1.94. The van der Waals surface area contributed by atoms with E-state index in [1.165, 1.54) is 0 Å². The maximum atomic E-state index is 5.85. The van der Waals surface area contributed by atoms with E-state index in [0.29, 0.717) is 5.15 Å². The van der Waals surface area contributed by atoms with Gasteiger partial charge in [-0.15, -0.1) is 0 Å². The highest BCUT2D eigenvalue weighted by Crippen LogP contribution is 2.10. The number of nitrogens with zero attached hydrogens (tertiary/aromatic N) is 1. The maximum absolute atomic E-state index is 5.85. The van der Waals surface area contributed by atoms with Gasteiger partial charge in [0.15, 0.2) is 0 Å². The van der Waals surface area contributed by atoms with Crippen molar-refractivity contribution in [3.05, 3.63) is 51.4 Å². The summed E-state index contributed by atoms with van der Waals surface area (Å²) in [6, 6.07) is 5.65. The Morgan fingerprint density at radius 1 is 1.29 bits per heavy atom. The minimum absolute atomic E-state index is 0.454. The molecule has 0 aliphatic heterocycles. The largest absolute Gasteiger partial charge is 0.243 e. The predicted molar refractivity (Wildman–Crippen MR) is 59.5 cm³/mol. The van der Waals surface area contributed by atoms with Gasteiger partial charge in [0, 0.05) is 17.1 Å². The average Bonchev–Trinajstić information content (AvgIpc) is 2.69. The molecule has 2 aromatic heterocycles. The Labute approximate surface area is 91.4 Å². The van der Waals surface area contributed by atoms with Gasteiger partial charge in [-0.2, -0.15) is 11.3 Å². The molecule has 68 valence electrons. The van der Waals surface area contributed by atoms with E-state index in [1.54, 1.807) is 17.5 Å². The van der Waals surface area contributed by atoms with E-state index in [9.17, 15) is 0 Å². The van der Waals surface area contributed by atoms with Crippen LogP contribution in [0.1, 0.15) is 11.1 Å². The van der Waals surface area contributed by atoms with Crippen molar-refractivity contribution in [3.8, 4) is 11.8 Å². The second kappa shape index (κ2) is 4.28. The summed E-state index contributed by atoms with van der Waals surface area (Å²) in [4.78, 5) is 3.94. The first-order valence-corrected chi connectivity index (χ1v) is 5.33. The van der Waals surface area contributed by atoms with Crippen LogP contribution in [0.2, 0.25) is 5.15 Å². The topological polar surface area (TPSA) is 12.9 Å². The Hall–Kier alpha value is -1.30. The number of thiophene rings is 1. The molecule has 3 heteroatoms. The SMILES string of the molecule is Clc1ncccc1C#Cc1ccsc1. The molecule has 2 aromatic rings. The third-order valence-electron chi connectivity index (χ3n) is 1.62. The summed E-state index contributed by atoms with van der Waals surface area (Å²) >= 11 is 7.48. The molecule has 2 rings (SSSR count). The van der Waals surface area contributed by atoms with Gasteiger partial charge >= 0.3 is 0 Å². The van der Waals surface area contributed by atoms with Gasteiger partial charge in [0.1, 0.15) is 5.15 Å². The van der Waals surface area contributed by atoms with Crippen LogP contribution in [0.15, 0.2) is 35.2 Å². The molecule has 0 aliphatic rings. The van der Waals surface area contributed by atoms with Gasteiger partial charge in [-0.05, 0) is 23.6 Å². The van der Waals surface area contributed by atoms with Crippen LogP contribution in [0, 0.1) is 11.8 Å². The Bertz CT molecular complexity index is 479. The molecule has 0 aliphatic carbocycles. The van der Waals surface area contributed by atoms with Crippen LogP contribution in [0.3, 0.4) is 0 Å². The fourth-order valence-electron chi connectivity index (χ4n) is 0.954. The van der Waals surface area contributed by atoms with E-state index in [-0.39, 0.29) is 0 Å². The monoisotopic (exact) mass is 219 g/mol. The zero-order chi connectivity index (χ0) is 9.80. The summed E-state index contributed by atoms with van der Waals surface area (Å²) in [6.45, 7) is 0. The van der Waals surface area contributed by atoms with Crippen molar-refractivity contribution in [2.24, 2.45) is 0 Å². The number of hydrogen-bond acceptors (Lipinski definition) is 2. The third kappa shape index (κ3) is 2.14. The molecular formula is C11H6ClNS. The van der Waals surface area contributed by atoms with Crippen molar-refractivity contribution in [2.75, 3.05) is 0 Å². The normalized spacial score (nSPS) is 9.21. The quantitative estimate of drug-likeness (QED) is 0.490. The minimum Gasteiger partial charge on any atom is -0.243 e. The van der Waals surface area contributed by atoms with E-state index >= 15 is 0 Å². The van der Waals surface area contributed by atoms with E-state index in [4.69, 9.17) is 11.6 Å². The van der Waals surface area contributed by atoms with Crippen LogP contribution in [0.25, 0.3) is 0 Å². The lowest BCUT2D eigenvalue weighted by molar-refractivity contribution is 1.31. The van der Waals surface area contributed by atoms with Gasteiger partial charge in [0.25, 0.3) is 0 Å². The van der Waals surface area contributed by atoms with Crippen molar-refractivity contribution in [1.82, 2.24) is 4.98 Å². The van der Waals surface area contributed by atoms with Crippen molar-refractivity contribution < 1.29 is 0 Å². The van der Waals surface area contributed by atoms with Gasteiger partial charge in [0.2, 0.25) is 0 Å².